The SMILES string of the molecule is Cc1ccc2cc1-c1cc(ccc1O)CC(C(=O)NC(C)C(=O)/C=C/c1ccn[nH]1)NC(=O)C(C)NC(=O)C2N(C)C(=O)C(CCCCN)NC(=O)c1ccc(-c2ccc(Cl)cc2)cc1. The lowest BCUT2D eigenvalue weighted by Gasteiger charge is -2.32. The number of aromatic nitrogens is 2. The van der Waals surface area contributed by atoms with Crippen LogP contribution in [-0.2, 0) is 30.4 Å². The number of unbranched alkanes of at least 4 members (excludes halogenated alkanes) is 1. The molecular weight excluding hydrogens is 848 g/mol. The summed E-state index contributed by atoms with van der Waals surface area (Å²) in [5, 5.41) is 29.4. The van der Waals surface area contributed by atoms with Crippen LogP contribution in [0, 0.1) is 6.92 Å². The van der Waals surface area contributed by atoms with Crippen LogP contribution in [0.1, 0.15) is 71.9 Å². The molecule has 2 heterocycles. The van der Waals surface area contributed by atoms with Crippen molar-refractivity contribution in [2.45, 2.75) is 76.7 Å². The van der Waals surface area contributed by atoms with Gasteiger partial charge < -0.3 is 37.0 Å². The zero-order valence-corrected chi connectivity index (χ0v) is 37.3. The van der Waals surface area contributed by atoms with Crippen molar-refractivity contribution in [3.05, 3.63) is 136 Å². The van der Waals surface area contributed by atoms with Gasteiger partial charge in [-0.15, -0.1) is 0 Å². The smallest absolute Gasteiger partial charge is 0.251 e. The second kappa shape index (κ2) is 21.5. The number of H-pyrrole nitrogens is 1. The molecule has 5 aromatic rings. The van der Waals surface area contributed by atoms with Gasteiger partial charge in [-0.05, 0) is 141 Å². The van der Waals surface area contributed by atoms with Gasteiger partial charge >= 0.3 is 0 Å². The van der Waals surface area contributed by atoms with Gasteiger partial charge in [0.1, 0.15) is 29.9 Å². The molecule has 8 N–H and O–H groups in total. The second-order valence-corrected chi connectivity index (χ2v) is 16.6. The van der Waals surface area contributed by atoms with Crippen molar-refractivity contribution in [1.29, 1.82) is 0 Å². The number of phenolic OH excluding ortho intramolecular Hbond substituents is 1. The number of fused-ring (bicyclic) bond motifs is 5. The molecule has 15 nitrogen and oxygen atoms in total. The maximum absolute atomic E-state index is 14.6. The van der Waals surface area contributed by atoms with Crippen LogP contribution < -0.4 is 27.0 Å². The van der Waals surface area contributed by atoms with Gasteiger partial charge in [0.05, 0.1) is 11.7 Å². The number of benzene rings is 4. The van der Waals surface area contributed by atoms with Crippen LogP contribution >= 0.6 is 11.6 Å². The van der Waals surface area contributed by atoms with Crippen LogP contribution in [-0.4, -0.2) is 93.3 Å². The lowest BCUT2D eigenvalue weighted by atomic mass is 9.91. The number of carbonyl (C=O) groups is 6. The zero-order chi connectivity index (χ0) is 46.8. The predicted molar refractivity (Wildman–Crippen MR) is 248 cm³/mol. The number of aromatic amines is 1. The average molecular weight is 901 g/mol. The van der Waals surface area contributed by atoms with Crippen molar-refractivity contribution in [2.24, 2.45) is 5.73 Å². The Bertz CT molecular complexity index is 2560. The number of ketones is 1. The molecule has 0 saturated carbocycles. The van der Waals surface area contributed by atoms with Gasteiger partial charge in [0, 0.05) is 35.8 Å². The molecule has 338 valence electrons. The largest absolute Gasteiger partial charge is 0.507 e. The molecule has 0 radical (unpaired) electrons. The van der Waals surface area contributed by atoms with E-state index in [2.05, 4.69) is 31.5 Å². The molecule has 5 unspecified atom stereocenters. The molecule has 5 atom stereocenters. The first-order chi connectivity index (χ1) is 31.1. The summed E-state index contributed by atoms with van der Waals surface area (Å²) in [6, 6.07) is 20.1. The number of aryl methyl sites for hydroxylation is 1. The number of rotatable bonds is 14. The Labute approximate surface area is 382 Å². The Hall–Kier alpha value is -7.10. The Morgan fingerprint density at radius 3 is 2.29 bits per heavy atom. The highest BCUT2D eigenvalue weighted by molar-refractivity contribution is 6.30. The first kappa shape index (κ1) is 47.4. The minimum absolute atomic E-state index is 0.0290. The third kappa shape index (κ3) is 11.9. The molecule has 0 spiro atoms. The van der Waals surface area contributed by atoms with Gasteiger partial charge in [0.15, 0.2) is 5.78 Å². The van der Waals surface area contributed by atoms with Gasteiger partial charge in [0.2, 0.25) is 23.6 Å². The van der Waals surface area contributed by atoms with Gasteiger partial charge in [-0.1, -0.05) is 54.1 Å². The van der Waals surface area contributed by atoms with E-state index in [1.54, 1.807) is 72.8 Å². The van der Waals surface area contributed by atoms with E-state index in [1.165, 1.54) is 50.2 Å². The predicted octanol–water partition coefficient (Wildman–Crippen LogP) is 5.17. The molecule has 6 rings (SSSR count). The monoisotopic (exact) mass is 900 g/mol. The summed E-state index contributed by atoms with van der Waals surface area (Å²) in [4.78, 5) is 84.8. The zero-order valence-electron chi connectivity index (χ0n) is 36.6. The van der Waals surface area contributed by atoms with E-state index in [-0.39, 0.29) is 18.6 Å². The fourth-order valence-electron chi connectivity index (χ4n) is 7.56. The van der Waals surface area contributed by atoms with E-state index in [0.717, 1.165) is 16.7 Å². The topological polar surface area (TPSA) is 229 Å². The Morgan fingerprint density at radius 2 is 1.62 bits per heavy atom. The highest BCUT2D eigenvalue weighted by atomic mass is 35.5. The number of hydrogen-bond acceptors (Lipinski definition) is 9. The number of halogens is 1. The molecule has 5 amide bonds. The third-order valence-electron chi connectivity index (χ3n) is 11.3. The van der Waals surface area contributed by atoms with E-state index >= 15 is 0 Å². The number of amides is 5. The summed E-state index contributed by atoms with van der Waals surface area (Å²) in [5.41, 5.74) is 11.1. The van der Waals surface area contributed by atoms with Crippen molar-refractivity contribution >= 4 is 53.0 Å². The van der Waals surface area contributed by atoms with Crippen molar-refractivity contribution < 1.29 is 33.9 Å². The van der Waals surface area contributed by atoms with E-state index in [9.17, 15) is 33.9 Å². The number of nitrogens with one attached hydrogen (secondary N) is 5. The number of aromatic hydroxyl groups is 1. The Kier molecular flexibility index (Phi) is 15.7. The van der Waals surface area contributed by atoms with Crippen molar-refractivity contribution in [2.75, 3.05) is 13.6 Å². The van der Waals surface area contributed by atoms with E-state index in [0.29, 0.717) is 57.9 Å². The van der Waals surface area contributed by atoms with E-state index in [1.807, 2.05) is 19.1 Å². The van der Waals surface area contributed by atoms with Crippen LogP contribution in [0.5, 0.6) is 5.75 Å². The maximum Gasteiger partial charge on any atom is 0.251 e. The molecular formula is C49H53ClN8O7. The number of phenols is 1. The van der Waals surface area contributed by atoms with Crippen LogP contribution in [0.15, 0.2) is 103 Å². The van der Waals surface area contributed by atoms with Crippen LogP contribution in [0.2, 0.25) is 5.02 Å². The van der Waals surface area contributed by atoms with Crippen LogP contribution in [0.4, 0.5) is 0 Å². The minimum atomic E-state index is -1.33. The van der Waals surface area contributed by atoms with Crippen molar-refractivity contribution in [3.63, 3.8) is 0 Å². The average Bonchev–Trinajstić information content (AvgIpc) is 3.82. The molecule has 1 aliphatic rings. The summed E-state index contributed by atoms with van der Waals surface area (Å²) >= 11 is 6.06. The molecule has 0 fully saturated rings. The first-order valence-corrected chi connectivity index (χ1v) is 21.7. The lowest BCUT2D eigenvalue weighted by molar-refractivity contribution is -0.141. The first-order valence-electron chi connectivity index (χ1n) is 21.3. The van der Waals surface area contributed by atoms with Crippen LogP contribution in [0.3, 0.4) is 0 Å². The second-order valence-electron chi connectivity index (χ2n) is 16.1. The van der Waals surface area contributed by atoms with E-state index < -0.39 is 65.5 Å². The number of nitrogens with two attached hydrogens (primary N) is 1. The van der Waals surface area contributed by atoms with Gasteiger partial charge in [0.25, 0.3) is 5.91 Å². The Morgan fingerprint density at radius 1 is 0.908 bits per heavy atom. The number of likely N-dealkylation sites (N-methyl/N-ethyl adjacent to an activating group) is 1. The number of carbonyl (C=O) groups excluding carboxylic acids is 6. The molecule has 4 aromatic carbocycles. The summed E-state index contributed by atoms with van der Waals surface area (Å²) in [6.07, 6.45) is 5.64. The van der Waals surface area contributed by atoms with Gasteiger partial charge in [-0.3, -0.25) is 33.9 Å². The molecule has 0 saturated heterocycles. The minimum Gasteiger partial charge on any atom is -0.507 e. The van der Waals surface area contributed by atoms with E-state index in [4.69, 9.17) is 17.3 Å². The number of hydrogen-bond donors (Lipinski definition) is 7. The third-order valence-corrected chi connectivity index (χ3v) is 11.6. The normalized spacial score (nSPS) is 17.2. The summed E-state index contributed by atoms with van der Waals surface area (Å²) in [6.45, 7) is 5.17. The molecule has 1 aliphatic heterocycles. The molecule has 65 heavy (non-hydrogen) atoms. The molecule has 0 aliphatic carbocycles. The summed E-state index contributed by atoms with van der Waals surface area (Å²) < 4.78 is 0. The molecule has 16 heteroatoms. The van der Waals surface area contributed by atoms with Gasteiger partial charge in [-0.25, -0.2) is 0 Å². The lowest BCUT2D eigenvalue weighted by Crippen LogP contribution is -2.56. The maximum atomic E-state index is 14.6. The van der Waals surface area contributed by atoms with Crippen LogP contribution in [0.25, 0.3) is 28.3 Å². The highest BCUT2D eigenvalue weighted by Gasteiger charge is 2.36. The summed E-state index contributed by atoms with van der Waals surface area (Å²) in [5.74, 6) is -3.64. The van der Waals surface area contributed by atoms with Gasteiger partial charge in [-0.2, -0.15) is 5.10 Å². The molecule has 4 bridgehead atoms. The standard InChI is InChI=1S/C49H53ClN8O7/c1-28-8-10-35-27-38(28)39-25-31(9-20-43(39)60)26-41(47(63)53-29(2)42(59)21-19-37-22-24-52-57-37)56-45(61)30(3)54-48(64)44(35)58(4)49(65)40(7-5-6-23-51)55-46(62)34-13-11-32(12-14-34)33-15-17-36(50)18-16-33/h8-22,24-25,27,29-30,40-41,44,60H,5-7,23,26,51H2,1-4H3,(H,52,57)(H,53,63)(H,54,64)(H,55,62)(H,56,61)/b21-19+. The Balaban J connectivity index is 1.29. The fourth-order valence-corrected chi connectivity index (χ4v) is 7.68. The number of nitrogens with zero attached hydrogens (tertiary/aromatic N) is 2. The summed E-state index contributed by atoms with van der Waals surface area (Å²) in [7, 11) is 1.45. The van der Waals surface area contributed by atoms with Crippen molar-refractivity contribution in [3.8, 4) is 28.0 Å². The quantitative estimate of drug-likeness (QED) is 0.0575. The van der Waals surface area contributed by atoms with Crippen molar-refractivity contribution in [1.82, 2.24) is 36.4 Å². The fraction of sp³-hybridized carbons (Fsp3) is 0.286. The molecule has 1 aromatic heterocycles. The highest BCUT2D eigenvalue weighted by Crippen LogP contribution is 2.36.